The van der Waals surface area contributed by atoms with Crippen LogP contribution in [0.3, 0.4) is 0 Å². The monoisotopic (exact) mass is 331 g/mol. The molecule has 0 bridgehead atoms. The summed E-state index contributed by atoms with van der Waals surface area (Å²) in [6.07, 6.45) is 3.10. The van der Waals surface area contributed by atoms with Crippen LogP contribution in [0.5, 0.6) is 0 Å². The van der Waals surface area contributed by atoms with Crippen molar-refractivity contribution in [3.63, 3.8) is 0 Å². The van der Waals surface area contributed by atoms with Crippen LogP contribution in [0.15, 0.2) is 34.7 Å². The van der Waals surface area contributed by atoms with Gasteiger partial charge in [0.15, 0.2) is 5.82 Å². The zero-order chi connectivity index (χ0) is 16.6. The van der Waals surface area contributed by atoms with E-state index in [4.69, 9.17) is 0 Å². The fraction of sp³-hybridized carbons (Fsp3) is 0.267. The second-order valence-corrected chi connectivity index (χ2v) is 8.00. The molecule has 3 rings (SSSR count). The van der Waals surface area contributed by atoms with Crippen molar-refractivity contribution in [2.45, 2.75) is 13.5 Å². The Balaban J connectivity index is 2.29. The second-order valence-electron chi connectivity index (χ2n) is 5.45. The number of aliphatic hydroxyl groups excluding tert-OH is 1. The molecular weight excluding hydrogens is 314 g/mol. The van der Waals surface area contributed by atoms with Crippen molar-refractivity contribution in [2.24, 2.45) is 4.36 Å². The van der Waals surface area contributed by atoms with E-state index in [0.717, 1.165) is 11.0 Å². The van der Waals surface area contributed by atoms with Crippen LogP contribution in [0.1, 0.15) is 11.5 Å². The van der Waals surface area contributed by atoms with Gasteiger partial charge in [-0.1, -0.05) is 12.1 Å². The molecule has 0 fully saturated rings. The Morgan fingerprint density at radius 3 is 2.65 bits per heavy atom. The van der Waals surface area contributed by atoms with E-state index in [9.17, 15) is 9.32 Å². The van der Waals surface area contributed by atoms with Gasteiger partial charge in [0.25, 0.3) is 0 Å². The Morgan fingerprint density at radius 2 is 1.96 bits per heavy atom. The molecule has 1 N–H and O–H groups in total. The smallest absolute Gasteiger partial charge is 0.237 e. The minimum Gasteiger partial charge on any atom is -0.388 e. The lowest BCUT2D eigenvalue weighted by atomic mass is 10.3. The molecule has 23 heavy (non-hydrogen) atoms. The van der Waals surface area contributed by atoms with Crippen LogP contribution in [0.2, 0.25) is 0 Å². The van der Waals surface area contributed by atoms with Crippen LogP contribution in [0.25, 0.3) is 17.0 Å². The normalized spacial score (nSPS) is 11.8. The Kier molecular flexibility index (Phi) is 3.87. The van der Waals surface area contributed by atoms with Gasteiger partial charge in [-0.25, -0.2) is 14.2 Å². The molecule has 2 aromatic heterocycles. The van der Waals surface area contributed by atoms with Gasteiger partial charge >= 0.3 is 0 Å². The van der Waals surface area contributed by atoms with Gasteiger partial charge in [-0.3, -0.25) is 4.57 Å². The summed E-state index contributed by atoms with van der Waals surface area (Å²) in [7, 11) is -2.33. The molecule has 0 saturated heterocycles. The van der Waals surface area contributed by atoms with E-state index in [1.807, 2.05) is 31.2 Å². The fourth-order valence-corrected chi connectivity index (χ4v) is 2.86. The maximum absolute atomic E-state index is 11.9. The number of para-hydroxylation sites is 2. The van der Waals surface area contributed by atoms with Crippen molar-refractivity contribution in [3.05, 3.63) is 41.9 Å². The van der Waals surface area contributed by atoms with Crippen molar-refractivity contribution in [1.82, 2.24) is 19.5 Å². The highest BCUT2D eigenvalue weighted by atomic mass is 32.2. The summed E-state index contributed by atoms with van der Waals surface area (Å²) >= 11 is 0. The SMILES string of the molecule is Cc1cc(N=S(C)(C)=O)nc(-n2c(CO)nc3ccccc32)n1. The summed E-state index contributed by atoms with van der Waals surface area (Å²) < 4.78 is 17.7. The van der Waals surface area contributed by atoms with Gasteiger partial charge in [0.1, 0.15) is 12.4 Å². The Labute approximate surface area is 134 Å². The first-order valence-electron chi connectivity index (χ1n) is 6.98. The first-order valence-corrected chi connectivity index (χ1v) is 9.31. The molecule has 3 aromatic rings. The largest absolute Gasteiger partial charge is 0.388 e. The van der Waals surface area contributed by atoms with Crippen LogP contribution < -0.4 is 0 Å². The van der Waals surface area contributed by atoms with Gasteiger partial charge in [-0.15, -0.1) is 0 Å². The van der Waals surface area contributed by atoms with Crippen molar-refractivity contribution in [3.8, 4) is 5.95 Å². The molecule has 0 aliphatic heterocycles. The van der Waals surface area contributed by atoms with Crippen molar-refractivity contribution in [1.29, 1.82) is 0 Å². The van der Waals surface area contributed by atoms with Crippen LogP contribution >= 0.6 is 0 Å². The summed E-state index contributed by atoms with van der Waals surface area (Å²) in [4.78, 5) is 13.2. The average Bonchev–Trinajstić information content (AvgIpc) is 2.83. The van der Waals surface area contributed by atoms with Gasteiger partial charge < -0.3 is 5.11 Å². The molecule has 8 heteroatoms. The molecule has 0 saturated carbocycles. The van der Waals surface area contributed by atoms with E-state index in [2.05, 4.69) is 19.3 Å². The lowest BCUT2D eigenvalue weighted by Gasteiger charge is -2.08. The van der Waals surface area contributed by atoms with Crippen LogP contribution in [-0.2, 0) is 16.3 Å². The molecule has 7 nitrogen and oxygen atoms in total. The Morgan fingerprint density at radius 1 is 1.22 bits per heavy atom. The van der Waals surface area contributed by atoms with Crippen LogP contribution in [-0.4, -0.2) is 41.3 Å². The van der Waals surface area contributed by atoms with E-state index >= 15 is 0 Å². The van der Waals surface area contributed by atoms with Gasteiger partial charge in [0.2, 0.25) is 5.95 Å². The third-order valence-electron chi connectivity index (χ3n) is 3.11. The Bertz CT molecular complexity index is 994. The second kappa shape index (κ2) is 5.71. The van der Waals surface area contributed by atoms with E-state index < -0.39 is 9.73 Å². The Hall–Kier alpha value is -2.32. The minimum atomic E-state index is -2.33. The van der Waals surface area contributed by atoms with E-state index in [0.29, 0.717) is 23.3 Å². The van der Waals surface area contributed by atoms with Gasteiger partial charge in [0.05, 0.1) is 11.0 Å². The number of rotatable bonds is 3. The standard InChI is InChI=1S/C15H17N5O2S/c1-10-8-13(19-23(2,3)22)18-15(16-10)20-12-7-5-4-6-11(12)17-14(20)9-21/h4-8,21H,9H2,1-3H3. The first kappa shape index (κ1) is 15.6. The molecular formula is C15H17N5O2S. The van der Waals surface area contributed by atoms with Crippen molar-refractivity contribution >= 4 is 26.6 Å². The number of hydrogen-bond donors (Lipinski definition) is 1. The minimum absolute atomic E-state index is 0.239. The van der Waals surface area contributed by atoms with E-state index in [-0.39, 0.29) is 6.61 Å². The topological polar surface area (TPSA) is 93.3 Å². The number of nitrogens with zero attached hydrogens (tertiary/aromatic N) is 5. The zero-order valence-electron chi connectivity index (χ0n) is 13.1. The third-order valence-corrected chi connectivity index (χ3v) is 3.74. The lowest BCUT2D eigenvalue weighted by molar-refractivity contribution is 0.269. The lowest BCUT2D eigenvalue weighted by Crippen LogP contribution is -2.07. The molecule has 2 heterocycles. The van der Waals surface area contributed by atoms with Gasteiger partial charge in [0, 0.05) is 34.0 Å². The number of fused-ring (bicyclic) bond motifs is 1. The molecule has 0 unspecified atom stereocenters. The maximum atomic E-state index is 11.9. The molecule has 120 valence electrons. The van der Waals surface area contributed by atoms with Gasteiger partial charge in [-0.2, -0.15) is 9.35 Å². The predicted octanol–water partition coefficient (Wildman–Crippen LogP) is 1.98. The first-order chi connectivity index (χ1) is 10.9. The zero-order valence-corrected chi connectivity index (χ0v) is 13.9. The maximum Gasteiger partial charge on any atom is 0.237 e. The number of aliphatic hydroxyl groups is 1. The number of aryl methyl sites for hydroxylation is 1. The van der Waals surface area contributed by atoms with Gasteiger partial charge in [-0.05, 0) is 19.1 Å². The van der Waals surface area contributed by atoms with Crippen LogP contribution in [0.4, 0.5) is 5.82 Å². The summed E-state index contributed by atoms with van der Waals surface area (Å²) in [5.41, 5.74) is 2.23. The summed E-state index contributed by atoms with van der Waals surface area (Å²) in [6.45, 7) is 1.58. The van der Waals surface area contributed by atoms with E-state index in [1.54, 1.807) is 23.1 Å². The highest BCUT2D eigenvalue weighted by molar-refractivity contribution is 7.92. The summed E-state index contributed by atoms with van der Waals surface area (Å²) in [5, 5.41) is 9.60. The molecule has 0 radical (unpaired) electrons. The summed E-state index contributed by atoms with van der Waals surface area (Å²) in [5.74, 6) is 1.14. The predicted molar refractivity (Wildman–Crippen MR) is 89.4 cm³/mol. The molecule has 0 aliphatic carbocycles. The highest BCUT2D eigenvalue weighted by Gasteiger charge is 2.14. The van der Waals surface area contributed by atoms with Crippen molar-refractivity contribution in [2.75, 3.05) is 12.5 Å². The third kappa shape index (κ3) is 3.22. The molecule has 1 aromatic carbocycles. The number of benzene rings is 1. The number of aromatic nitrogens is 4. The highest BCUT2D eigenvalue weighted by Crippen LogP contribution is 2.22. The molecule has 0 aliphatic rings. The quantitative estimate of drug-likeness (QED) is 0.792. The van der Waals surface area contributed by atoms with Crippen molar-refractivity contribution < 1.29 is 9.32 Å². The molecule has 0 atom stereocenters. The number of imidazole rings is 1. The van der Waals surface area contributed by atoms with Crippen LogP contribution in [0, 0.1) is 6.92 Å². The average molecular weight is 331 g/mol. The fourth-order valence-electron chi connectivity index (χ4n) is 2.31. The molecule has 0 amide bonds. The number of hydrogen-bond acceptors (Lipinski definition) is 6. The summed E-state index contributed by atoms with van der Waals surface area (Å²) in [6, 6.07) is 9.17. The molecule has 0 spiro atoms. The van der Waals surface area contributed by atoms with E-state index in [1.165, 1.54) is 0 Å².